The summed E-state index contributed by atoms with van der Waals surface area (Å²) in [7, 11) is 1.85. The number of carbonyl (C=O) groups is 1. The van der Waals surface area contributed by atoms with E-state index in [1.165, 1.54) is 0 Å². The Hall–Kier alpha value is -2.38. The highest BCUT2D eigenvalue weighted by molar-refractivity contribution is 5.85. The van der Waals surface area contributed by atoms with Crippen molar-refractivity contribution >= 4 is 22.9 Å². The smallest absolute Gasteiger partial charge is 0.410 e. The van der Waals surface area contributed by atoms with Crippen LogP contribution in [0.4, 0.5) is 10.6 Å². The van der Waals surface area contributed by atoms with Crippen LogP contribution < -0.4 is 5.32 Å². The van der Waals surface area contributed by atoms with Gasteiger partial charge in [0.1, 0.15) is 5.60 Å². The molecule has 3 heterocycles. The Morgan fingerprint density at radius 3 is 2.96 bits per heavy atom. The third kappa shape index (κ3) is 3.58. The van der Waals surface area contributed by atoms with Crippen molar-refractivity contribution in [2.75, 3.05) is 18.4 Å². The van der Waals surface area contributed by atoms with Crippen molar-refractivity contribution in [1.82, 2.24) is 24.9 Å². The predicted octanol–water partition coefficient (Wildman–Crippen LogP) is 2.17. The van der Waals surface area contributed by atoms with Gasteiger partial charge in [0, 0.05) is 32.4 Å². The van der Waals surface area contributed by atoms with E-state index in [1.807, 2.05) is 33.9 Å². The zero-order valence-electron chi connectivity index (χ0n) is 14.6. The molecule has 1 amide bonds. The fourth-order valence-electron chi connectivity index (χ4n) is 2.85. The van der Waals surface area contributed by atoms with Gasteiger partial charge in [-0.3, -0.25) is 0 Å². The fourth-order valence-corrected chi connectivity index (χ4v) is 2.85. The zero-order chi connectivity index (χ0) is 17.3. The predicted molar refractivity (Wildman–Crippen MR) is 90.8 cm³/mol. The normalized spacial score (nSPS) is 18.7. The molecule has 0 saturated carbocycles. The lowest BCUT2D eigenvalue weighted by Crippen LogP contribution is -2.47. The molecule has 1 fully saturated rings. The maximum absolute atomic E-state index is 12.3. The van der Waals surface area contributed by atoms with E-state index in [1.54, 1.807) is 15.8 Å². The Bertz CT molecular complexity index is 736. The number of carbonyl (C=O) groups excluding carboxylic acids is 1. The number of anilines is 1. The molecule has 1 atom stereocenters. The van der Waals surface area contributed by atoms with Crippen molar-refractivity contribution in [3.8, 4) is 0 Å². The van der Waals surface area contributed by atoms with E-state index in [0.717, 1.165) is 30.4 Å². The quantitative estimate of drug-likeness (QED) is 0.907. The second-order valence-corrected chi connectivity index (χ2v) is 7.15. The Kier molecular flexibility index (Phi) is 4.29. The number of pyridine rings is 1. The van der Waals surface area contributed by atoms with Crippen LogP contribution >= 0.6 is 0 Å². The molecule has 1 aliphatic heterocycles. The van der Waals surface area contributed by atoms with Crippen molar-refractivity contribution in [3.05, 3.63) is 12.3 Å². The van der Waals surface area contributed by atoms with Crippen LogP contribution in [-0.4, -0.2) is 55.7 Å². The van der Waals surface area contributed by atoms with E-state index >= 15 is 0 Å². The Balaban J connectivity index is 1.70. The summed E-state index contributed by atoms with van der Waals surface area (Å²) in [6, 6.07) is 2.00. The summed E-state index contributed by atoms with van der Waals surface area (Å²) >= 11 is 0. The van der Waals surface area contributed by atoms with Crippen LogP contribution in [0.5, 0.6) is 0 Å². The van der Waals surface area contributed by atoms with Crippen LogP contribution in [0, 0.1) is 0 Å². The largest absolute Gasteiger partial charge is 0.444 e. The molecule has 1 aliphatic rings. The zero-order valence-corrected chi connectivity index (χ0v) is 14.6. The number of rotatable bonds is 2. The van der Waals surface area contributed by atoms with Gasteiger partial charge in [-0.25, -0.2) is 14.5 Å². The average molecular weight is 332 g/mol. The fraction of sp³-hybridized carbons (Fsp3) is 0.625. The van der Waals surface area contributed by atoms with Gasteiger partial charge in [-0.1, -0.05) is 5.21 Å². The highest BCUT2D eigenvalue weighted by Crippen LogP contribution is 2.22. The van der Waals surface area contributed by atoms with Crippen LogP contribution in [0.3, 0.4) is 0 Å². The third-order valence-electron chi connectivity index (χ3n) is 3.94. The topological polar surface area (TPSA) is 85.2 Å². The molecule has 1 saturated heterocycles. The number of aromatic nitrogens is 4. The van der Waals surface area contributed by atoms with Gasteiger partial charge in [-0.05, 0) is 39.7 Å². The molecular formula is C16H24N6O2. The monoisotopic (exact) mass is 332 g/mol. The summed E-state index contributed by atoms with van der Waals surface area (Å²) in [4.78, 5) is 18.4. The molecule has 0 unspecified atom stereocenters. The van der Waals surface area contributed by atoms with Gasteiger partial charge in [-0.2, -0.15) is 0 Å². The number of fused-ring (bicyclic) bond motifs is 1. The van der Waals surface area contributed by atoms with E-state index in [4.69, 9.17) is 4.74 Å². The van der Waals surface area contributed by atoms with Crippen molar-refractivity contribution < 1.29 is 9.53 Å². The standard InChI is InChI=1S/C16H24N6O2/c1-16(2,3)24-15(23)22-9-5-6-11(10-22)18-14-13-12(7-8-17-14)21(4)20-19-13/h7-8,11H,5-6,9-10H2,1-4H3,(H,17,18)/t11-/m1/s1. The van der Waals surface area contributed by atoms with E-state index in [-0.39, 0.29) is 12.1 Å². The van der Waals surface area contributed by atoms with Gasteiger partial charge in [0.25, 0.3) is 0 Å². The van der Waals surface area contributed by atoms with E-state index < -0.39 is 5.60 Å². The van der Waals surface area contributed by atoms with Gasteiger partial charge in [0.15, 0.2) is 11.3 Å². The van der Waals surface area contributed by atoms with Crippen LogP contribution in [-0.2, 0) is 11.8 Å². The van der Waals surface area contributed by atoms with Gasteiger partial charge in [0.2, 0.25) is 0 Å². The molecule has 1 N–H and O–H groups in total. The number of aryl methyl sites for hydroxylation is 1. The van der Waals surface area contributed by atoms with Gasteiger partial charge in [-0.15, -0.1) is 5.10 Å². The van der Waals surface area contributed by atoms with Gasteiger partial charge < -0.3 is 15.0 Å². The minimum atomic E-state index is -0.482. The molecule has 0 aliphatic carbocycles. The summed E-state index contributed by atoms with van der Waals surface area (Å²) in [6.45, 7) is 6.94. The lowest BCUT2D eigenvalue weighted by Gasteiger charge is -2.34. The number of hydrogen-bond acceptors (Lipinski definition) is 6. The van der Waals surface area contributed by atoms with Crippen molar-refractivity contribution in [2.24, 2.45) is 7.05 Å². The molecule has 24 heavy (non-hydrogen) atoms. The Morgan fingerprint density at radius 2 is 2.21 bits per heavy atom. The molecule has 0 radical (unpaired) electrons. The van der Waals surface area contributed by atoms with Crippen LogP contribution in [0.15, 0.2) is 12.3 Å². The molecule has 2 aromatic heterocycles. The first-order chi connectivity index (χ1) is 11.3. The Morgan fingerprint density at radius 1 is 1.42 bits per heavy atom. The maximum Gasteiger partial charge on any atom is 0.410 e. The molecule has 0 bridgehead atoms. The number of hydrogen-bond donors (Lipinski definition) is 1. The molecule has 0 spiro atoms. The minimum absolute atomic E-state index is 0.117. The van der Waals surface area contributed by atoms with E-state index in [9.17, 15) is 4.79 Å². The average Bonchev–Trinajstić information content (AvgIpc) is 2.89. The highest BCUT2D eigenvalue weighted by Gasteiger charge is 2.28. The maximum atomic E-state index is 12.3. The van der Waals surface area contributed by atoms with Gasteiger partial charge in [0.05, 0.1) is 5.52 Å². The molecule has 130 valence electrons. The molecule has 0 aromatic carbocycles. The molecule has 8 heteroatoms. The van der Waals surface area contributed by atoms with Gasteiger partial charge >= 0.3 is 6.09 Å². The number of nitrogens with one attached hydrogen (secondary N) is 1. The second kappa shape index (κ2) is 6.26. The minimum Gasteiger partial charge on any atom is -0.444 e. The highest BCUT2D eigenvalue weighted by atomic mass is 16.6. The van der Waals surface area contributed by atoms with Crippen molar-refractivity contribution in [3.63, 3.8) is 0 Å². The van der Waals surface area contributed by atoms with Crippen LogP contribution in [0.25, 0.3) is 11.0 Å². The first-order valence-corrected chi connectivity index (χ1v) is 8.22. The molecule has 2 aromatic rings. The number of ether oxygens (including phenoxy) is 1. The first kappa shape index (κ1) is 16.5. The summed E-state index contributed by atoms with van der Waals surface area (Å²) in [5, 5.41) is 11.6. The van der Waals surface area contributed by atoms with Crippen LogP contribution in [0.1, 0.15) is 33.6 Å². The summed E-state index contributed by atoms with van der Waals surface area (Å²) < 4.78 is 7.19. The SMILES string of the molecule is Cn1nnc2c(N[C@@H]3CCCN(C(=O)OC(C)(C)C)C3)nccc21. The summed E-state index contributed by atoms with van der Waals surface area (Å²) in [6.07, 6.45) is 3.37. The van der Waals surface area contributed by atoms with Crippen LogP contribution in [0.2, 0.25) is 0 Å². The third-order valence-corrected chi connectivity index (χ3v) is 3.94. The number of amides is 1. The van der Waals surface area contributed by atoms with E-state index in [2.05, 4.69) is 20.6 Å². The number of piperidine rings is 1. The lowest BCUT2D eigenvalue weighted by molar-refractivity contribution is 0.0206. The second-order valence-electron chi connectivity index (χ2n) is 7.15. The summed E-state index contributed by atoms with van der Waals surface area (Å²) in [5.41, 5.74) is 1.19. The first-order valence-electron chi connectivity index (χ1n) is 8.22. The van der Waals surface area contributed by atoms with Crippen molar-refractivity contribution in [1.29, 1.82) is 0 Å². The van der Waals surface area contributed by atoms with Crippen molar-refractivity contribution in [2.45, 2.75) is 45.3 Å². The molecule has 8 nitrogen and oxygen atoms in total. The molecule has 3 rings (SSSR count). The Labute approximate surface area is 141 Å². The van der Waals surface area contributed by atoms with E-state index in [0.29, 0.717) is 12.4 Å². The lowest BCUT2D eigenvalue weighted by atomic mass is 10.1. The number of likely N-dealkylation sites (tertiary alicyclic amines) is 1. The molecular weight excluding hydrogens is 308 g/mol. The summed E-state index contributed by atoms with van der Waals surface area (Å²) in [5.74, 6) is 0.705. The number of nitrogens with zero attached hydrogens (tertiary/aromatic N) is 5.